The van der Waals surface area contributed by atoms with Crippen molar-refractivity contribution in [3.8, 4) is 0 Å². The highest BCUT2D eigenvalue weighted by Crippen LogP contribution is 2.14. The fraction of sp³-hybridized carbons (Fsp3) is 0.421. The summed E-state index contributed by atoms with van der Waals surface area (Å²) in [6.07, 6.45) is 2.01. The molecule has 2 unspecified atom stereocenters. The van der Waals surface area contributed by atoms with Crippen molar-refractivity contribution in [3.05, 3.63) is 59.7 Å². The van der Waals surface area contributed by atoms with Gasteiger partial charge in [0.25, 0.3) is 0 Å². The monoisotopic (exact) mass is 367 g/mol. The topological polar surface area (TPSA) is 90.5 Å². The van der Waals surface area contributed by atoms with Gasteiger partial charge >= 0.3 is 0 Å². The van der Waals surface area contributed by atoms with Crippen molar-refractivity contribution in [2.75, 3.05) is 6.54 Å². The normalized spacial score (nSPS) is 13.3. The molecule has 0 saturated carbocycles. The van der Waals surface area contributed by atoms with E-state index in [9.17, 15) is 4.79 Å². The smallest absolute Gasteiger partial charge is 0.245 e. The van der Waals surface area contributed by atoms with E-state index in [1.165, 1.54) is 11.0 Å². The first-order chi connectivity index (χ1) is 13.0. The molecule has 2 aromatic heterocycles. The average molecular weight is 367 g/mol. The second-order valence-corrected chi connectivity index (χ2v) is 6.95. The number of aryl methyl sites for hydroxylation is 2. The summed E-state index contributed by atoms with van der Waals surface area (Å²) in [4.78, 5) is 12.8. The van der Waals surface area contributed by atoms with Gasteiger partial charge < -0.3 is 5.32 Å². The first-order valence-corrected chi connectivity index (χ1v) is 9.08. The quantitative estimate of drug-likeness (QED) is 0.655. The maximum Gasteiger partial charge on any atom is 0.245 e. The zero-order valence-corrected chi connectivity index (χ0v) is 15.9. The summed E-state index contributed by atoms with van der Waals surface area (Å²) < 4.78 is 3.49. The molecule has 8 heteroatoms. The number of benzene rings is 1. The predicted molar refractivity (Wildman–Crippen MR) is 101 cm³/mol. The van der Waals surface area contributed by atoms with Gasteiger partial charge in [-0.15, -0.1) is 5.10 Å². The van der Waals surface area contributed by atoms with E-state index in [1.807, 2.05) is 48.9 Å². The first-order valence-electron chi connectivity index (χ1n) is 9.08. The number of tetrazole rings is 1. The average Bonchev–Trinajstić information content (AvgIpc) is 3.28. The van der Waals surface area contributed by atoms with Crippen LogP contribution >= 0.6 is 0 Å². The third kappa shape index (κ3) is 4.99. The summed E-state index contributed by atoms with van der Waals surface area (Å²) in [6, 6.07) is 11.4. The number of carbonyl (C=O) groups is 1. The molecule has 142 valence electrons. The van der Waals surface area contributed by atoms with Crippen molar-refractivity contribution >= 4 is 5.91 Å². The standard InChI is InChI=1S/C19H25N7O/c1-14(12-25-16(3)9-15(2)22-25)11-20-19(27)18(26-13-21-23-24-26)10-17-7-5-4-6-8-17/h4-9,13-14,18H,10-12H2,1-3H3,(H,20,27). The van der Waals surface area contributed by atoms with Crippen LogP contribution in [-0.4, -0.2) is 42.4 Å². The van der Waals surface area contributed by atoms with Crippen molar-refractivity contribution in [2.24, 2.45) is 5.92 Å². The molecule has 2 heterocycles. The van der Waals surface area contributed by atoms with Gasteiger partial charge in [-0.3, -0.25) is 9.48 Å². The van der Waals surface area contributed by atoms with Crippen LogP contribution in [-0.2, 0) is 17.8 Å². The van der Waals surface area contributed by atoms with E-state index in [2.05, 4.69) is 38.9 Å². The Morgan fingerprint density at radius 1 is 1.22 bits per heavy atom. The second kappa shape index (κ2) is 8.57. The van der Waals surface area contributed by atoms with Crippen molar-refractivity contribution in [1.82, 2.24) is 35.3 Å². The number of aromatic nitrogens is 6. The molecule has 3 rings (SSSR count). The summed E-state index contributed by atoms with van der Waals surface area (Å²) >= 11 is 0. The summed E-state index contributed by atoms with van der Waals surface area (Å²) in [5, 5.41) is 18.8. The molecule has 0 saturated heterocycles. The minimum atomic E-state index is -0.483. The maximum absolute atomic E-state index is 12.8. The number of nitrogens with one attached hydrogen (secondary N) is 1. The van der Waals surface area contributed by atoms with E-state index < -0.39 is 6.04 Å². The number of nitrogens with zero attached hydrogens (tertiary/aromatic N) is 6. The molecule has 0 aliphatic rings. The van der Waals surface area contributed by atoms with Gasteiger partial charge in [-0.05, 0) is 41.8 Å². The number of hydrogen-bond donors (Lipinski definition) is 1. The zero-order valence-electron chi connectivity index (χ0n) is 15.9. The number of amides is 1. The van der Waals surface area contributed by atoms with Gasteiger partial charge in [0.1, 0.15) is 12.4 Å². The van der Waals surface area contributed by atoms with Crippen molar-refractivity contribution in [3.63, 3.8) is 0 Å². The predicted octanol–water partition coefficient (Wildman–Crippen LogP) is 1.72. The Hall–Kier alpha value is -3.03. The third-order valence-electron chi connectivity index (χ3n) is 4.47. The van der Waals surface area contributed by atoms with Gasteiger partial charge in [0.15, 0.2) is 0 Å². The van der Waals surface area contributed by atoms with Crippen molar-refractivity contribution in [2.45, 2.75) is 39.8 Å². The Morgan fingerprint density at radius 2 is 2.00 bits per heavy atom. The highest BCUT2D eigenvalue weighted by atomic mass is 16.2. The SMILES string of the molecule is Cc1cc(C)n(CC(C)CNC(=O)C(Cc2ccccc2)n2cnnn2)n1. The Balaban J connectivity index is 1.61. The Bertz CT molecular complexity index is 858. The lowest BCUT2D eigenvalue weighted by Gasteiger charge is -2.19. The molecule has 0 aliphatic heterocycles. The molecule has 1 aromatic carbocycles. The molecule has 0 aliphatic carbocycles. The van der Waals surface area contributed by atoms with Crippen LogP contribution < -0.4 is 5.32 Å². The Kier molecular flexibility index (Phi) is 5.95. The largest absolute Gasteiger partial charge is 0.354 e. The summed E-state index contributed by atoms with van der Waals surface area (Å²) in [7, 11) is 0. The second-order valence-electron chi connectivity index (χ2n) is 6.95. The molecular weight excluding hydrogens is 342 g/mol. The molecule has 0 bridgehead atoms. The summed E-state index contributed by atoms with van der Waals surface area (Å²) in [6.45, 7) is 7.44. The molecule has 8 nitrogen and oxygen atoms in total. The van der Waals surface area contributed by atoms with Gasteiger partial charge in [0.2, 0.25) is 5.91 Å². The molecule has 0 radical (unpaired) electrons. The van der Waals surface area contributed by atoms with Crippen LogP contribution in [0.5, 0.6) is 0 Å². The van der Waals surface area contributed by atoms with E-state index >= 15 is 0 Å². The third-order valence-corrected chi connectivity index (χ3v) is 4.47. The Morgan fingerprint density at radius 3 is 2.63 bits per heavy atom. The fourth-order valence-electron chi connectivity index (χ4n) is 3.07. The van der Waals surface area contributed by atoms with Gasteiger partial charge in [-0.2, -0.15) is 5.10 Å². The van der Waals surface area contributed by atoms with E-state index in [-0.39, 0.29) is 11.8 Å². The zero-order chi connectivity index (χ0) is 19.2. The van der Waals surface area contributed by atoms with Crippen molar-refractivity contribution < 1.29 is 4.79 Å². The summed E-state index contributed by atoms with van der Waals surface area (Å²) in [5.74, 6) is 0.157. The van der Waals surface area contributed by atoms with Crippen LogP contribution in [0.1, 0.15) is 29.9 Å². The fourth-order valence-corrected chi connectivity index (χ4v) is 3.07. The van der Waals surface area contributed by atoms with Gasteiger partial charge in [-0.25, -0.2) is 4.68 Å². The van der Waals surface area contributed by atoms with Crippen LogP contribution in [0.25, 0.3) is 0 Å². The Labute approximate surface area is 158 Å². The molecule has 0 spiro atoms. The molecule has 1 amide bonds. The van der Waals surface area contributed by atoms with E-state index in [1.54, 1.807) is 0 Å². The highest BCUT2D eigenvalue weighted by molar-refractivity contribution is 5.80. The van der Waals surface area contributed by atoms with Gasteiger partial charge in [0.05, 0.1) is 5.69 Å². The molecule has 0 fully saturated rings. The van der Waals surface area contributed by atoms with Crippen LogP contribution in [0.15, 0.2) is 42.7 Å². The van der Waals surface area contributed by atoms with E-state index in [0.29, 0.717) is 13.0 Å². The molecular formula is C19H25N7O. The first kappa shape index (κ1) is 18.8. The van der Waals surface area contributed by atoms with Crippen LogP contribution in [0.2, 0.25) is 0 Å². The van der Waals surface area contributed by atoms with Crippen LogP contribution in [0.3, 0.4) is 0 Å². The minimum Gasteiger partial charge on any atom is -0.354 e. The van der Waals surface area contributed by atoms with Gasteiger partial charge in [0, 0.05) is 25.2 Å². The van der Waals surface area contributed by atoms with E-state index in [4.69, 9.17) is 0 Å². The van der Waals surface area contributed by atoms with Crippen LogP contribution in [0.4, 0.5) is 0 Å². The molecule has 27 heavy (non-hydrogen) atoms. The lowest BCUT2D eigenvalue weighted by molar-refractivity contribution is -0.124. The molecule has 1 N–H and O–H groups in total. The number of rotatable bonds is 8. The lowest BCUT2D eigenvalue weighted by atomic mass is 10.1. The maximum atomic E-state index is 12.8. The molecule has 2 atom stereocenters. The highest BCUT2D eigenvalue weighted by Gasteiger charge is 2.22. The number of carbonyl (C=O) groups excluding carboxylic acids is 1. The van der Waals surface area contributed by atoms with Gasteiger partial charge in [-0.1, -0.05) is 37.3 Å². The van der Waals surface area contributed by atoms with Crippen molar-refractivity contribution in [1.29, 1.82) is 0 Å². The van der Waals surface area contributed by atoms with E-state index in [0.717, 1.165) is 23.5 Å². The number of hydrogen-bond acceptors (Lipinski definition) is 5. The molecule has 3 aromatic rings. The lowest BCUT2D eigenvalue weighted by Crippen LogP contribution is -2.37. The summed E-state index contributed by atoms with van der Waals surface area (Å²) in [5.41, 5.74) is 3.19. The van der Waals surface area contributed by atoms with Crippen LogP contribution in [0, 0.1) is 19.8 Å². The minimum absolute atomic E-state index is 0.0913.